The number of rotatable bonds is 8. The fourth-order valence-corrected chi connectivity index (χ4v) is 3.28. The van der Waals surface area contributed by atoms with Crippen LogP contribution in [0.1, 0.15) is 26.7 Å². The molecule has 29 heavy (non-hydrogen) atoms. The van der Waals surface area contributed by atoms with Crippen LogP contribution < -0.4 is 11.5 Å². The SMILES string of the molecule is CC[C@H](C)[C@H](N)C(=O)OC[C@H]1O[C@@H](CCn2cnc3c(N)ncnc32)[C@H](O)[C@@H]1O. The number of carbonyl (C=O) groups is 1. The minimum atomic E-state index is -1.16. The predicted octanol–water partition coefficient (Wildman–Crippen LogP) is -0.796. The lowest BCUT2D eigenvalue weighted by Gasteiger charge is -2.19. The first kappa shape index (κ1) is 21.4. The van der Waals surface area contributed by atoms with Crippen LogP contribution in [0.25, 0.3) is 11.2 Å². The average molecular weight is 408 g/mol. The summed E-state index contributed by atoms with van der Waals surface area (Å²) in [6.45, 7) is 4.07. The molecule has 160 valence electrons. The van der Waals surface area contributed by atoms with E-state index in [-0.39, 0.29) is 12.5 Å². The van der Waals surface area contributed by atoms with Gasteiger partial charge in [-0.2, -0.15) is 0 Å². The molecule has 0 spiro atoms. The van der Waals surface area contributed by atoms with Crippen LogP contribution in [-0.4, -0.2) is 72.8 Å². The molecule has 1 aliphatic heterocycles. The smallest absolute Gasteiger partial charge is 0.323 e. The Kier molecular flexibility index (Phi) is 6.63. The number of hydrogen-bond donors (Lipinski definition) is 4. The number of nitrogen functional groups attached to an aromatic ring is 1. The molecule has 11 heteroatoms. The Morgan fingerprint density at radius 1 is 1.31 bits per heavy atom. The fraction of sp³-hybridized carbons (Fsp3) is 0.667. The second kappa shape index (κ2) is 8.99. The Bertz CT molecular complexity index is 845. The predicted molar refractivity (Wildman–Crippen MR) is 103 cm³/mol. The highest BCUT2D eigenvalue weighted by Crippen LogP contribution is 2.25. The molecule has 0 bridgehead atoms. The fourth-order valence-electron chi connectivity index (χ4n) is 3.28. The van der Waals surface area contributed by atoms with Gasteiger partial charge in [-0.25, -0.2) is 15.0 Å². The lowest BCUT2D eigenvalue weighted by molar-refractivity contribution is -0.152. The van der Waals surface area contributed by atoms with Crippen molar-refractivity contribution in [2.75, 3.05) is 12.3 Å². The van der Waals surface area contributed by atoms with Crippen molar-refractivity contribution in [1.29, 1.82) is 0 Å². The third-order valence-corrected chi connectivity index (χ3v) is 5.46. The van der Waals surface area contributed by atoms with E-state index in [1.165, 1.54) is 6.33 Å². The Morgan fingerprint density at radius 3 is 2.76 bits per heavy atom. The zero-order chi connectivity index (χ0) is 21.1. The molecule has 11 nitrogen and oxygen atoms in total. The summed E-state index contributed by atoms with van der Waals surface area (Å²) < 4.78 is 12.7. The Labute approximate surface area is 168 Å². The van der Waals surface area contributed by atoms with E-state index in [1.807, 2.05) is 13.8 Å². The van der Waals surface area contributed by atoms with Crippen molar-refractivity contribution in [2.24, 2.45) is 11.7 Å². The Morgan fingerprint density at radius 2 is 2.03 bits per heavy atom. The maximum absolute atomic E-state index is 12.0. The van der Waals surface area contributed by atoms with Crippen LogP contribution in [0.2, 0.25) is 0 Å². The van der Waals surface area contributed by atoms with Gasteiger partial charge in [0.1, 0.15) is 42.8 Å². The summed E-state index contributed by atoms with van der Waals surface area (Å²) in [6.07, 6.45) is 0.373. The van der Waals surface area contributed by atoms with Gasteiger partial charge in [0, 0.05) is 6.54 Å². The van der Waals surface area contributed by atoms with E-state index >= 15 is 0 Å². The number of anilines is 1. The van der Waals surface area contributed by atoms with Crippen LogP contribution in [0.5, 0.6) is 0 Å². The lowest BCUT2D eigenvalue weighted by atomic mass is 10.0. The number of aryl methyl sites for hydroxylation is 1. The number of carbonyl (C=O) groups excluding carboxylic acids is 1. The molecule has 0 radical (unpaired) electrons. The first-order valence-electron chi connectivity index (χ1n) is 9.68. The molecule has 0 saturated carbocycles. The summed E-state index contributed by atoms with van der Waals surface area (Å²) in [4.78, 5) is 24.3. The number of fused-ring (bicyclic) bond motifs is 1. The summed E-state index contributed by atoms with van der Waals surface area (Å²) in [5, 5.41) is 20.6. The van der Waals surface area contributed by atoms with Crippen molar-refractivity contribution in [3.63, 3.8) is 0 Å². The molecule has 3 rings (SSSR count). The summed E-state index contributed by atoms with van der Waals surface area (Å²) in [6, 6.07) is -0.733. The van der Waals surface area contributed by atoms with Crippen molar-refractivity contribution in [3.05, 3.63) is 12.7 Å². The van der Waals surface area contributed by atoms with Gasteiger partial charge in [0.25, 0.3) is 0 Å². The quantitative estimate of drug-likeness (QED) is 0.405. The lowest BCUT2D eigenvalue weighted by Crippen LogP contribution is -2.41. The molecule has 1 aliphatic rings. The molecule has 0 aliphatic carbocycles. The van der Waals surface area contributed by atoms with Crippen LogP contribution in [0.3, 0.4) is 0 Å². The topological polar surface area (TPSA) is 172 Å². The molecule has 0 aromatic carbocycles. The van der Waals surface area contributed by atoms with E-state index in [4.69, 9.17) is 20.9 Å². The second-order valence-corrected chi connectivity index (χ2v) is 7.39. The summed E-state index contributed by atoms with van der Waals surface area (Å²) >= 11 is 0. The molecule has 2 aromatic rings. The van der Waals surface area contributed by atoms with E-state index in [2.05, 4.69) is 15.0 Å². The summed E-state index contributed by atoms with van der Waals surface area (Å²) in [7, 11) is 0. The van der Waals surface area contributed by atoms with Gasteiger partial charge in [0.2, 0.25) is 0 Å². The Balaban J connectivity index is 1.55. The second-order valence-electron chi connectivity index (χ2n) is 7.39. The van der Waals surface area contributed by atoms with E-state index in [1.54, 1.807) is 10.9 Å². The van der Waals surface area contributed by atoms with Crippen molar-refractivity contribution >= 4 is 23.0 Å². The molecule has 2 aromatic heterocycles. The number of esters is 1. The van der Waals surface area contributed by atoms with Gasteiger partial charge in [0.05, 0.1) is 12.4 Å². The van der Waals surface area contributed by atoms with Crippen LogP contribution >= 0.6 is 0 Å². The molecule has 6 N–H and O–H groups in total. The molecule has 1 saturated heterocycles. The molecule has 0 unspecified atom stereocenters. The van der Waals surface area contributed by atoms with Gasteiger partial charge in [-0.05, 0) is 12.3 Å². The first-order chi connectivity index (χ1) is 13.8. The third kappa shape index (κ3) is 4.47. The van der Waals surface area contributed by atoms with Gasteiger partial charge in [-0.1, -0.05) is 20.3 Å². The van der Waals surface area contributed by atoms with E-state index in [0.717, 1.165) is 6.42 Å². The van der Waals surface area contributed by atoms with Crippen LogP contribution in [0, 0.1) is 5.92 Å². The highest BCUT2D eigenvalue weighted by Gasteiger charge is 2.43. The zero-order valence-corrected chi connectivity index (χ0v) is 16.5. The largest absolute Gasteiger partial charge is 0.462 e. The van der Waals surface area contributed by atoms with Crippen LogP contribution in [-0.2, 0) is 20.8 Å². The minimum Gasteiger partial charge on any atom is -0.462 e. The number of hydrogen-bond acceptors (Lipinski definition) is 10. The number of nitrogens with two attached hydrogens (primary N) is 2. The van der Waals surface area contributed by atoms with Gasteiger partial charge in [-0.15, -0.1) is 0 Å². The number of ether oxygens (including phenoxy) is 2. The number of aromatic nitrogens is 4. The third-order valence-electron chi connectivity index (χ3n) is 5.46. The maximum atomic E-state index is 12.0. The van der Waals surface area contributed by atoms with Gasteiger partial charge in [-0.3, -0.25) is 4.79 Å². The first-order valence-corrected chi connectivity index (χ1v) is 9.68. The molecule has 6 atom stereocenters. The van der Waals surface area contributed by atoms with Crippen molar-refractivity contribution in [3.8, 4) is 0 Å². The van der Waals surface area contributed by atoms with Crippen LogP contribution in [0.4, 0.5) is 5.82 Å². The summed E-state index contributed by atoms with van der Waals surface area (Å²) in [5.41, 5.74) is 12.7. The van der Waals surface area contributed by atoms with Crippen LogP contribution in [0.15, 0.2) is 12.7 Å². The minimum absolute atomic E-state index is 0.0156. The van der Waals surface area contributed by atoms with Crippen molar-refractivity contribution < 1.29 is 24.5 Å². The van der Waals surface area contributed by atoms with E-state index < -0.39 is 36.4 Å². The Hall–Kier alpha value is -2.34. The van der Waals surface area contributed by atoms with Gasteiger partial charge >= 0.3 is 5.97 Å². The van der Waals surface area contributed by atoms with Gasteiger partial charge in [0.15, 0.2) is 11.5 Å². The highest BCUT2D eigenvalue weighted by atomic mass is 16.6. The average Bonchev–Trinajstić information content (AvgIpc) is 3.26. The zero-order valence-electron chi connectivity index (χ0n) is 16.5. The maximum Gasteiger partial charge on any atom is 0.323 e. The monoisotopic (exact) mass is 408 g/mol. The normalized spacial score (nSPS) is 26.5. The molecular weight excluding hydrogens is 380 g/mol. The molecule has 1 fully saturated rings. The molecule has 0 amide bonds. The van der Waals surface area contributed by atoms with E-state index in [0.29, 0.717) is 29.9 Å². The van der Waals surface area contributed by atoms with Crippen molar-refractivity contribution in [1.82, 2.24) is 19.5 Å². The van der Waals surface area contributed by atoms with E-state index in [9.17, 15) is 15.0 Å². The standard InChI is InChI=1S/C18H28N6O5/c1-3-9(2)12(19)18(27)28-6-11-15(26)14(25)10(29-11)4-5-24-8-23-13-16(20)21-7-22-17(13)24/h7-12,14-15,25-26H,3-6,19H2,1-2H3,(H2,20,21,22)/t9-,10-,11+,12-,14-,15+/m0/s1. The summed E-state index contributed by atoms with van der Waals surface area (Å²) in [5.74, 6) is -0.271. The molecule has 3 heterocycles. The molecular formula is C18H28N6O5. The van der Waals surface area contributed by atoms with Gasteiger partial charge < -0.3 is 35.7 Å². The number of nitrogens with zero attached hydrogens (tertiary/aromatic N) is 4. The number of aliphatic hydroxyl groups excluding tert-OH is 2. The highest BCUT2D eigenvalue weighted by molar-refractivity contribution is 5.81. The number of aliphatic hydroxyl groups is 2. The van der Waals surface area contributed by atoms with Crippen molar-refractivity contribution in [2.45, 2.75) is 63.7 Å². The number of imidazole rings is 1.